The molecule has 0 aliphatic carbocycles. The molecule has 0 saturated carbocycles. The monoisotopic (exact) mass is 305 g/mol. The maximum atomic E-state index is 12.5. The van der Waals surface area contributed by atoms with E-state index < -0.39 is 6.10 Å². The minimum Gasteiger partial charge on any atom is -0.479 e. The molecular weight excluding hydrogens is 278 g/mol. The van der Waals surface area contributed by atoms with Crippen LogP contribution < -0.4 is 15.4 Å². The van der Waals surface area contributed by atoms with Crippen molar-refractivity contribution in [3.05, 3.63) is 23.8 Å². The van der Waals surface area contributed by atoms with Gasteiger partial charge in [-0.3, -0.25) is 4.79 Å². The quantitative estimate of drug-likeness (QED) is 0.875. The highest BCUT2D eigenvalue weighted by Gasteiger charge is 2.31. The van der Waals surface area contributed by atoms with E-state index in [-0.39, 0.29) is 11.9 Å². The zero-order chi connectivity index (χ0) is 16.3. The molecule has 2 unspecified atom stereocenters. The van der Waals surface area contributed by atoms with Gasteiger partial charge in [0.2, 0.25) is 0 Å². The predicted molar refractivity (Wildman–Crippen MR) is 89.3 cm³/mol. The first-order valence-corrected chi connectivity index (χ1v) is 7.96. The van der Waals surface area contributed by atoms with E-state index in [4.69, 9.17) is 10.5 Å². The second kappa shape index (κ2) is 7.11. The van der Waals surface area contributed by atoms with Gasteiger partial charge in [0, 0.05) is 19.1 Å². The van der Waals surface area contributed by atoms with E-state index in [1.54, 1.807) is 6.92 Å². The summed E-state index contributed by atoms with van der Waals surface area (Å²) >= 11 is 0. The zero-order valence-corrected chi connectivity index (χ0v) is 14.0. The standard InChI is InChI=1S/C17H27N3O2/c1-5-6-14(18)13-7-8-16-15(11-13)20(10-9-19(3)4)17(21)12(2)22-16/h7-8,11-12,14H,5-6,9-10,18H2,1-4H3. The van der Waals surface area contributed by atoms with Crippen LogP contribution >= 0.6 is 0 Å². The van der Waals surface area contributed by atoms with Gasteiger partial charge in [-0.05, 0) is 45.1 Å². The van der Waals surface area contributed by atoms with Gasteiger partial charge in [0.05, 0.1) is 5.69 Å². The Kier molecular flexibility index (Phi) is 5.42. The zero-order valence-electron chi connectivity index (χ0n) is 14.0. The minimum absolute atomic E-state index is 0.000417. The fourth-order valence-electron chi connectivity index (χ4n) is 2.66. The van der Waals surface area contributed by atoms with E-state index in [9.17, 15) is 4.79 Å². The first kappa shape index (κ1) is 16.8. The molecule has 1 aromatic carbocycles. The van der Waals surface area contributed by atoms with Gasteiger partial charge in [-0.2, -0.15) is 0 Å². The summed E-state index contributed by atoms with van der Waals surface area (Å²) in [5, 5.41) is 0. The van der Waals surface area contributed by atoms with Crippen molar-refractivity contribution in [1.29, 1.82) is 0 Å². The van der Waals surface area contributed by atoms with Crippen molar-refractivity contribution in [2.24, 2.45) is 5.73 Å². The highest BCUT2D eigenvalue weighted by molar-refractivity contribution is 5.99. The van der Waals surface area contributed by atoms with Gasteiger partial charge in [0.1, 0.15) is 5.75 Å². The summed E-state index contributed by atoms with van der Waals surface area (Å²) in [7, 11) is 4.01. The van der Waals surface area contributed by atoms with Crippen molar-refractivity contribution in [2.75, 3.05) is 32.1 Å². The van der Waals surface area contributed by atoms with E-state index >= 15 is 0 Å². The number of hydrogen-bond donors (Lipinski definition) is 1. The predicted octanol–water partition coefficient (Wildman–Crippen LogP) is 2.16. The summed E-state index contributed by atoms with van der Waals surface area (Å²) in [5.74, 6) is 0.772. The van der Waals surface area contributed by atoms with Gasteiger partial charge in [-0.1, -0.05) is 19.4 Å². The lowest BCUT2D eigenvalue weighted by atomic mass is 10.0. The van der Waals surface area contributed by atoms with Crippen LogP contribution in [0.3, 0.4) is 0 Å². The lowest BCUT2D eigenvalue weighted by Crippen LogP contribution is -2.47. The van der Waals surface area contributed by atoms with Crippen LogP contribution in [-0.4, -0.2) is 44.1 Å². The number of fused-ring (bicyclic) bond motifs is 1. The number of nitrogens with two attached hydrogens (primary N) is 1. The van der Waals surface area contributed by atoms with Crippen LogP contribution in [0.4, 0.5) is 5.69 Å². The number of ether oxygens (including phenoxy) is 1. The van der Waals surface area contributed by atoms with Crippen molar-refractivity contribution in [2.45, 2.75) is 38.8 Å². The molecule has 0 radical (unpaired) electrons. The Balaban J connectivity index is 2.32. The Morgan fingerprint density at radius 2 is 2.14 bits per heavy atom. The lowest BCUT2D eigenvalue weighted by molar-refractivity contribution is -0.125. The third-order valence-electron chi connectivity index (χ3n) is 3.99. The molecule has 2 atom stereocenters. The lowest BCUT2D eigenvalue weighted by Gasteiger charge is -2.34. The Bertz CT molecular complexity index is 531. The maximum absolute atomic E-state index is 12.5. The molecule has 0 fully saturated rings. The highest BCUT2D eigenvalue weighted by Crippen LogP contribution is 2.36. The molecule has 1 aromatic rings. The van der Waals surface area contributed by atoms with Crippen molar-refractivity contribution in [3.8, 4) is 5.75 Å². The van der Waals surface area contributed by atoms with Gasteiger partial charge in [-0.15, -0.1) is 0 Å². The molecule has 5 nitrogen and oxygen atoms in total. The van der Waals surface area contributed by atoms with E-state index in [1.165, 1.54) is 0 Å². The SMILES string of the molecule is CCCC(N)c1ccc2c(c1)N(CCN(C)C)C(=O)C(C)O2. The van der Waals surface area contributed by atoms with Crippen LogP contribution in [0, 0.1) is 0 Å². The average Bonchev–Trinajstić information content (AvgIpc) is 2.47. The van der Waals surface area contributed by atoms with Crippen molar-refractivity contribution in [1.82, 2.24) is 4.90 Å². The summed E-state index contributed by atoms with van der Waals surface area (Å²) in [5.41, 5.74) is 8.11. The molecule has 1 heterocycles. The van der Waals surface area contributed by atoms with E-state index in [1.807, 2.05) is 37.2 Å². The van der Waals surface area contributed by atoms with Crippen LogP contribution in [0.25, 0.3) is 0 Å². The normalized spacial score (nSPS) is 19.1. The molecule has 0 spiro atoms. The van der Waals surface area contributed by atoms with Gasteiger partial charge in [0.15, 0.2) is 6.10 Å². The fourth-order valence-corrected chi connectivity index (χ4v) is 2.66. The Morgan fingerprint density at radius 3 is 2.77 bits per heavy atom. The van der Waals surface area contributed by atoms with Crippen molar-refractivity contribution >= 4 is 11.6 Å². The van der Waals surface area contributed by atoms with Crippen LogP contribution in [0.1, 0.15) is 38.3 Å². The largest absolute Gasteiger partial charge is 0.479 e. The topological polar surface area (TPSA) is 58.8 Å². The van der Waals surface area contributed by atoms with E-state index in [0.29, 0.717) is 6.54 Å². The number of likely N-dealkylation sites (N-methyl/N-ethyl adjacent to an activating group) is 1. The molecule has 22 heavy (non-hydrogen) atoms. The molecule has 1 aliphatic rings. The second-order valence-electron chi connectivity index (χ2n) is 6.18. The Labute approximate surface area is 133 Å². The molecule has 0 bridgehead atoms. The van der Waals surface area contributed by atoms with Crippen LogP contribution in [0.15, 0.2) is 18.2 Å². The number of anilines is 1. The Hall–Kier alpha value is -1.59. The van der Waals surface area contributed by atoms with E-state index in [2.05, 4.69) is 11.8 Å². The molecule has 122 valence electrons. The number of nitrogens with zero attached hydrogens (tertiary/aromatic N) is 2. The molecule has 2 rings (SSSR count). The van der Waals surface area contributed by atoms with Crippen molar-refractivity contribution < 1.29 is 9.53 Å². The molecule has 1 aliphatic heterocycles. The number of benzene rings is 1. The summed E-state index contributed by atoms with van der Waals surface area (Å²) in [6.45, 7) is 5.38. The smallest absolute Gasteiger partial charge is 0.267 e. The third kappa shape index (κ3) is 3.59. The highest BCUT2D eigenvalue weighted by atomic mass is 16.5. The number of carbonyl (C=O) groups is 1. The number of amides is 1. The number of carbonyl (C=O) groups excluding carboxylic acids is 1. The molecule has 0 aromatic heterocycles. The summed E-state index contributed by atoms with van der Waals surface area (Å²) < 4.78 is 5.73. The fraction of sp³-hybridized carbons (Fsp3) is 0.588. The van der Waals surface area contributed by atoms with Crippen molar-refractivity contribution in [3.63, 3.8) is 0 Å². The Morgan fingerprint density at radius 1 is 1.41 bits per heavy atom. The first-order chi connectivity index (χ1) is 10.4. The molecule has 0 saturated heterocycles. The van der Waals surface area contributed by atoms with Crippen LogP contribution in [0.5, 0.6) is 5.75 Å². The number of rotatable bonds is 6. The third-order valence-corrected chi connectivity index (χ3v) is 3.99. The first-order valence-electron chi connectivity index (χ1n) is 7.96. The van der Waals surface area contributed by atoms with Crippen LogP contribution in [0.2, 0.25) is 0 Å². The molecular formula is C17H27N3O2. The van der Waals surface area contributed by atoms with E-state index in [0.717, 1.165) is 36.4 Å². The van der Waals surface area contributed by atoms with Gasteiger partial charge < -0.3 is 20.3 Å². The molecule has 2 N–H and O–H groups in total. The van der Waals surface area contributed by atoms with Crippen LogP contribution in [-0.2, 0) is 4.79 Å². The summed E-state index contributed by atoms with van der Waals surface area (Å²) in [6.07, 6.45) is 1.53. The minimum atomic E-state index is -0.440. The van der Waals surface area contributed by atoms with Gasteiger partial charge in [0.25, 0.3) is 5.91 Å². The summed E-state index contributed by atoms with van der Waals surface area (Å²) in [6, 6.07) is 5.95. The average molecular weight is 305 g/mol. The van der Waals surface area contributed by atoms with Gasteiger partial charge >= 0.3 is 0 Å². The molecule has 5 heteroatoms. The summed E-state index contributed by atoms with van der Waals surface area (Å²) in [4.78, 5) is 16.4. The number of hydrogen-bond acceptors (Lipinski definition) is 4. The van der Waals surface area contributed by atoms with Gasteiger partial charge in [-0.25, -0.2) is 0 Å². The second-order valence-corrected chi connectivity index (χ2v) is 6.18. The maximum Gasteiger partial charge on any atom is 0.267 e. The molecule has 1 amide bonds.